The smallest absolute Gasteiger partial charge is 0.251 e. The number of hydrogen-bond donors (Lipinski definition) is 3. The molecule has 1 aliphatic rings. The summed E-state index contributed by atoms with van der Waals surface area (Å²) in [6.45, 7) is 5.53. The number of nitrogens with zero attached hydrogens (tertiary/aromatic N) is 4. The molecule has 0 atom stereocenters. The van der Waals surface area contributed by atoms with Crippen LogP contribution in [0.15, 0.2) is 47.6 Å². The van der Waals surface area contributed by atoms with Gasteiger partial charge in [0.05, 0.1) is 0 Å². The van der Waals surface area contributed by atoms with Crippen LogP contribution in [0.3, 0.4) is 0 Å². The molecule has 0 spiro atoms. The van der Waals surface area contributed by atoms with E-state index in [4.69, 9.17) is 0 Å². The van der Waals surface area contributed by atoms with Gasteiger partial charge in [0, 0.05) is 65.1 Å². The van der Waals surface area contributed by atoms with Crippen LogP contribution in [-0.4, -0.2) is 75.6 Å². The Morgan fingerprint density at radius 3 is 2.59 bits per heavy atom. The van der Waals surface area contributed by atoms with Crippen molar-refractivity contribution in [2.45, 2.75) is 13.0 Å². The standard InChI is InChI=1S/C23H33N7O.HI/c1-24-22(31)20-6-4-5-18(15-20)7-10-27-23(25-2)28-17-19-8-9-26-21(16-19)30-13-11-29(3)12-14-30;/h4-6,8-9,15-16H,7,10-14,17H2,1-3H3,(H,24,31)(H2,25,27,28);1H. The van der Waals surface area contributed by atoms with Gasteiger partial charge in [0.15, 0.2) is 5.96 Å². The first-order valence-electron chi connectivity index (χ1n) is 10.7. The van der Waals surface area contributed by atoms with Gasteiger partial charge in [-0.2, -0.15) is 0 Å². The van der Waals surface area contributed by atoms with Crippen molar-refractivity contribution in [2.24, 2.45) is 4.99 Å². The predicted molar refractivity (Wildman–Crippen MR) is 141 cm³/mol. The molecule has 0 bridgehead atoms. The molecule has 0 radical (unpaired) electrons. The molecule has 1 saturated heterocycles. The van der Waals surface area contributed by atoms with E-state index in [1.807, 2.05) is 36.5 Å². The zero-order valence-corrected chi connectivity index (χ0v) is 21.4. The Morgan fingerprint density at radius 2 is 1.88 bits per heavy atom. The number of carbonyl (C=O) groups is 1. The molecule has 2 heterocycles. The molecule has 0 saturated carbocycles. The maximum atomic E-state index is 11.8. The molecule has 0 unspecified atom stereocenters. The number of halogens is 1. The van der Waals surface area contributed by atoms with E-state index in [-0.39, 0.29) is 29.9 Å². The summed E-state index contributed by atoms with van der Waals surface area (Å²) >= 11 is 0. The molecule has 1 aromatic heterocycles. The molecule has 3 rings (SSSR count). The number of amides is 1. The third-order valence-corrected chi connectivity index (χ3v) is 5.44. The van der Waals surface area contributed by atoms with E-state index in [9.17, 15) is 4.79 Å². The van der Waals surface area contributed by atoms with Gasteiger partial charge < -0.3 is 25.8 Å². The van der Waals surface area contributed by atoms with Gasteiger partial charge in [-0.15, -0.1) is 24.0 Å². The normalized spacial score (nSPS) is 14.5. The molecule has 1 aliphatic heterocycles. The van der Waals surface area contributed by atoms with Crippen molar-refractivity contribution in [1.29, 1.82) is 0 Å². The van der Waals surface area contributed by atoms with E-state index in [0.717, 1.165) is 56.5 Å². The molecule has 1 aromatic carbocycles. The highest BCUT2D eigenvalue weighted by atomic mass is 127. The summed E-state index contributed by atoms with van der Waals surface area (Å²) in [6, 6.07) is 11.9. The maximum Gasteiger partial charge on any atom is 0.251 e. The highest BCUT2D eigenvalue weighted by Gasteiger charge is 2.15. The minimum absolute atomic E-state index is 0. The molecule has 3 N–H and O–H groups in total. The number of carbonyl (C=O) groups excluding carboxylic acids is 1. The molecule has 9 heteroatoms. The number of nitrogens with one attached hydrogen (secondary N) is 3. The zero-order chi connectivity index (χ0) is 22.1. The summed E-state index contributed by atoms with van der Waals surface area (Å²) in [4.78, 5) is 25.3. The van der Waals surface area contributed by atoms with E-state index in [1.54, 1.807) is 14.1 Å². The van der Waals surface area contributed by atoms with Crippen LogP contribution in [0.4, 0.5) is 5.82 Å². The number of aliphatic imine (C=N–C) groups is 1. The number of anilines is 1. The van der Waals surface area contributed by atoms with E-state index in [1.165, 1.54) is 5.56 Å². The molecule has 1 amide bonds. The lowest BCUT2D eigenvalue weighted by molar-refractivity contribution is 0.0963. The van der Waals surface area contributed by atoms with Crippen molar-refractivity contribution in [3.63, 3.8) is 0 Å². The van der Waals surface area contributed by atoms with Gasteiger partial charge in [-0.05, 0) is 48.9 Å². The molecular formula is C23H34IN7O. The fourth-order valence-electron chi connectivity index (χ4n) is 3.52. The van der Waals surface area contributed by atoms with Gasteiger partial charge >= 0.3 is 0 Å². The van der Waals surface area contributed by atoms with E-state index < -0.39 is 0 Å². The first-order valence-corrected chi connectivity index (χ1v) is 10.7. The fourth-order valence-corrected chi connectivity index (χ4v) is 3.52. The average molecular weight is 551 g/mol. The van der Waals surface area contributed by atoms with Crippen LogP contribution in [0.25, 0.3) is 0 Å². The Morgan fingerprint density at radius 1 is 1.09 bits per heavy atom. The lowest BCUT2D eigenvalue weighted by Crippen LogP contribution is -2.44. The first-order chi connectivity index (χ1) is 15.1. The summed E-state index contributed by atoms with van der Waals surface area (Å²) in [6.07, 6.45) is 2.68. The highest BCUT2D eigenvalue weighted by Crippen LogP contribution is 2.14. The van der Waals surface area contributed by atoms with Crippen molar-refractivity contribution in [2.75, 3.05) is 58.8 Å². The Kier molecular flexibility index (Phi) is 10.7. The van der Waals surface area contributed by atoms with E-state index >= 15 is 0 Å². The number of guanidine groups is 1. The van der Waals surface area contributed by atoms with Gasteiger partial charge in [-0.3, -0.25) is 9.79 Å². The van der Waals surface area contributed by atoms with Crippen LogP contribution < -0.4 is 20.9 Å². The second-order valence-electron chi connectivity index (χ2n) is 7.69. The number of piperazine rings is 1. The summed E-state index contributed by atoms with van der Waals surface area (Å²) in [5.74, 6) is 1.72. The van der Waals surface area contributed by atoms with Gasteiger partial charge in [0.2, 0.25) is 0 Å². The first kappa shape index (κ1) is 25.9. The van der Waals surface area contributed by atoms with Crippen LogP contribution in [0.2, 0.25) is 0 Å². The van der Waals surface area contributed by atoms with Crippen molar-refractivity contribution < 1.29 is 4.79 Å². The minimum Gasteiger partial charge on any atom is -0.356 e. The van der Waals surface area contributed by atoms with Crippen molar-refractivity contribution >= 4 is 41.7 Å². The molecular weight excluding hydrogens is 517 g/mol. The van der Waals surface area contributed by atoms with Crippen LogP contribution in [0, 0.1) is 0 Å². The number of benzene rings is 1. The number of aromatic nitrogens is 1. The topological polar surface area (TPSA) is 84.9 Å². The summed E-state index contributed by atoms with van der Waals surface area (Å²) in [5.41, 5.74) is 2.96. The monoisotopic (exact) mass is 551 g/mol. The molecule has 32 heavy (non-hydrogen) atoms. The Labute approximate surface area is 207 Å². The van der Waals surface area contributed by atoms with Gasteiger partial charge in [-0.1, -0.05) is 12.1 Å². The van der Waals surface area contributed by atoms with Crippen molar-refractivity contribution in [1.82, 2.24) is 25.8 Å². The number of hydrogen-bond acceptors (Lipinski definition) is 5. The van der Waals surface area contributed by atoms with E-state index in [0.29, 0.717) is 12.1 Å². The molecule has 2 aromatic rings. The third kappa shape index (κ3) is 7.63. The van der Waals surface area contributed by atoms with Crippen LogP contribution in [0.5, 0.6) is 0 Å². The van der Waals surface area contributed by atoms with Gasteiger partial charge in [0.25, 0.3) is 5.91 Å². The van der Waals surface area contributed by atoms with Crippen LogP contribution in [0.1, 0.15) is 21.5 Å². The molecule has 8 nitrogen and oxygen atoms in total. The second kappa shape index (κ2) is 13.2. The molecule has 0 aliphatic carbocycles. The van der Waals surface area contributed by atoms with Crippen LogP contribution >= 0.6 is 24.0 Å². The Bertz CT molecular complexity index is 897. The minimum atomic E-state index is -0.0689. The van der Waals surface area contributed by atoms with Crippen molar-refractivity contribution in [3.8, 4) is 0 Å². The van der Waals surface area contributed by atoms with Gasteiger partial charge in [-0.25, -0.2) is 4.98 Å². The fraction of sp³-hybridized carbons (Fsp3) is 0.435. The highest BCUT2D eigenvalue weighted by molar-refractivity contribution is 14.0. The quantitative estimate of drug-likeness (QED) is 0.276. The molecule has 174 valence electrons. The lowest BCUT2D eigenvalue weighted by Gasteiger charge is -2.33. The summed E-state index contributed by atoms with van der Waals surface area (Å²) in [7, 11) is 5.56. The van der Waals surface area contributed by atoms with Crippen LogP contribution in [-0.2, 0) is 13.0 Å². The third-order valence-electron chi connectivity index (χ3n) is 5.44. The predicted octanol–water partition coefficient (Wildman–Crippen LogP) is 1.72. The molecule has 1 fully saturated rings. The van der Waals surface area contributed by atoms with Gasteiger partial charge in [0.1, 0.15) is 5.82 Å². The zero-order valence-electron chi connectivity index (χ0n) is 19.1. The number of pyridine rings is 1. The SMILES string of the molecule is CN=C(NCCc1cccc(C(=O)NC)c1)NCc1ccnc(N2CCN(C)CC2)c1.I. The lowest BCUT2D eigenvalue weighted by atomic mass is 10.1. The largest absolute Gasteiger partial charge is 0.356 e. The summed E-state index contributed by atoms with van der Waals surface area (Å²) < 4.78 is 0. The number of likely N-dealkylation sites (N-methyl/N-ethyl adjacent to an activating group) is 1. The average Bonchev–Trinajstić information content (AvgIpc) is 2.81. The Hall–Kier alpha value is -2.40. The van der Waals surface area contributed by atoms with E-state index in [2.05, 4.69) is 48.8 Å². The second-order valence-corrected chi connectivity index (χ2v) is 7.69. The summed E-state index contributed by atoms with van der Waals surface area (Å²) in [5, 5.41) is 9.37. The van der Waals surface area contributed by atoms with Crippen molar-refractivity contribution in [3.05, 3.63) is 59.3 Å². The Balaban J connectivity index is 0.00000363. The number of rotatable bonds is 7. The maximum absolute atomic E-state index is 11.8.